The molecule has 0 unspecified atom stereocenters. The lowest BCUT2D eigenvalue weighted by atomic mass is 10.2. The molecule has 0 aliphatic rings. The van der Waals surface area contributed by atoms with Crippen LogP contribution in [0.15, 0.2) is 52.7 Å². The van der Waals surface area contributed by atoms with Crippen molar-refractivity contribution in [3.8, 4) is 0 Å². The van der Waals surface area contributed by atoms with Gasteiger partial charge in [0.1, 0.15) is 10.7 Å². The fourth-order valence-corrected chi connectivity index (χ4v) is 4.12. The number of sulfonamides is 1. The number of anilines is 1. The first-order valence-corrected chi connectivity index (χ1v) is 9.15. The lowest BCUT2D eigenvalue weighted by Crippen LogP contribution is -2.15. The number of fused-ring (bicyclic) bond motifs is 1. The van der Waals surface area contributed by atoms with Gasteiger partial charge >= 0.3 is 5.97 Å². The van der Waals surface area contributed by atoms with E-state index in [9.17, 15) is 17.6 Å². The molecule has 1 N–H and O–H groups in total. The minimum Gasteiger partial charge on any atom is -0.465 e. The largest absolute Gasteiger partial charge is 0.465 e. The molecule has 1 aromatic heterocycles. The van der Waals surface area contributed by atoms with Gasteiger partial charge < -0.3 is 4.74 Å². The summed E-state index contributed by atoms with van der Waals surface area (Å²) in [5.74, 6) is -1.70. The van der Waals surface area contributed by atoms with Gasteiger partial charge in [0, 0.05) is 10.4 Å². The number of methoxy groups -OCH3 is 1. The number of rotatable bonds is 4. The maximum atomic E-state index is 14.0. The average Bonchev–Trinajstić information content (AvgIpc) is 3.01. The van der Waals surface area contributed by atoms with E-state index in [1.807, 2.05) is 11.4 Å². The van der Waals surface area contributed by atoms with E-state index in [0.29, 0.717) is 5.69 Å². The summed E-state index contributed by atoms with van der Waals surface area (Å²) in [6, 6.07) is 9.92. The van der Waals surface area contributed by atoms with E-state index in [0.717, 1.165) is 35.4 Å². The summed E-state index contributed by atoms with van der Waals surface area (Å²) >= 11 is 1.53. The maximum absolute atomic E-state index is 14.0. The zero-order valence-corrected chi connectivity index (χ0v) is 14.1. The Morgan fingerprint density at radius 3 is 2.71 bits per heavy atom. The van der Waals surface area contributed by atoms with E-state index < -0.39 is 26.7 Å². The van der Waals surface area contributed by atoms with Crippen molar-refractivity contribution in [2.24, 2.45) is 0 Å². The van der Waals surface area contributed by atoms with Gasteiger partial charge in [-0.1, -0.05) is 0 Å². The Morgan fingerprint density at radius 2 is 1.96 bits per heavy atom. The summed E-state index contributed by atoms with van der Waals surface area (Å²) in [6.07, 6.45) is 0. The number of hydrogen-bond acceptors (Lipinski definition) is 5. The molecular formula is C16H12FNO4S2. The van der Waals surface area contributed by atoms with E-state index in [1.54, 1.807) is 18.2 Å². The molecule has 8 heteroatoms. The van der Waals surface area contributed by atoms with Gasteiger partial charge in [-0.3, -0.25) is 4.72 Å². The SMILES string of the molecule is COC(=O)c1ccc(F)c(S(=O)(=O)Nc2ccc3sccc3c2)c1. The van der Waals surface area contributed by atoms with Gasteiger partial charge in [0.15, 0.2) is 0 Å². The van der Waals surface area contributed by atoms with Crippen LogP contribution in [0.4, 0.5) is 10.1 Å². The molecule has 0 saturated carbocycles. The second kappa shape index (κ2) is 6.21. The minimum atomic E-state index is -4.19. The standard InChI is InChI=1S/C16H12FNO4S2/c1-22-16(19)11-2-4-13(17)15(9-11)24(20,21)18-12-3-5-14-10(8-12)6-7-23-14/h2-9,18H,1H3. The van der Waals surface area contributed by atoms with Crippen LogP contribution in [0.25, 0.3) is 10.1 Å². The Morgan fingerprint density at radius 1 is 1.17 bits per heavy atom. The van der Waals surface area contributed by atoms with Gasteiger partial charge in [-0.2, -0.15) is 0 Å². The van der Waals surface area contributed by atoms with Crippen LogP contribution in [-0.2, 0) is 14.8 Å². The molecule has 0 saturated heterocycles. The van der Waals surface area contributed by atoms with Crippen LogP contribution in [0, 0.1) is 5.82 Å². The van der Waals surface area contributed by atoms with Crippen LogP contribution in [0.2, 0.25) is 0 Å². The monoisotopic (exact) mass is 365 g/mol. The smallest absolute Gasteiger partial charge is 0.337 e. The highest BCUT2D eigenvalue weighted by Crippen LogP contribution is 2.26. The molecule has 1 heterocycles. The number of carbonyl (C=O) groups excluding carboxylic acids is 1. The van der Waals surface area contributed by atoms with Crippen LogP contribution in [0.5, 0.6) is 0 Å². The first kappa shape index (κ1) is 16.4. The number of ether oxygens (including phenoxy) is 1. The third-order valence-electron chi connectivity index (χ3n) is 3.35. The van der Waals surface area contributed by atoms with Crippen LogP contribution in [0.3, 0.4) is 0 Å². The lowest BCUT2D eigenvalue weighted by Gasteiger charge is -2.10. The first-order chi connectivity index (χ1) is 11.4. The number of nitrogens with one attached hydrogen (secondary N) is 1. The summed E-state index contributed by atoms with van der Waals surface area (Å²) in [4.78, 5) is 10.9. The second-order valence-corrected chi connectivity index (χ2v) is 7.51. The number of esters is 1. The summed E-state index contributed by atoms with van der Waals surface area (Å²) in [7, 11) is -3.03. The van der Waals surface area contributed by atoms with Crippen molar-refractivity contribution in [3.05, 3.63) is 59.2 Å². The van der Waals surface area contributed by atoms with E-state index in [2.05, 4.69) is 9.46 Å². The van der Waals surface area contributed by atoms with Crippen molar-refractivity contribution >= 4 is 43.1 Å². The molecule has 5 nitrogen and oxygen atoms in total. The Balaban J connectivity index is 1.99. The summed E-state index contributed by atoms with van der Waals surface area (Å²) < 4.78 is 46.8. The Labute approximate surface area is 141 Å². The fourth-order valence-electron chi connectivity index (χ4n) is 2.19. The van der Waals surface area contributed by atoms with Gasteiger partial charge in [-0.25, -0.2) is 17.6 Å². The van der Waals surface area contributed by atoms with Gasteiger partial charge in [0.25, 0.3) is 10.0 Å². The van der Waals surface area contributed by atoms with E-state index in [4.69, 9.17) is 0 Å². The van der Waals surface area contributed by atoms with E-state index >= 15 is 0 Å². The molecule has 2 aromatic carbocycles. The molecule has 0 atom stereocenters. The van der Waals surface area contributed by atoms with Crippen molar-refractivity contribution in [3.63, 3.8) is 0 Å². The van der Waals surface area contributed by atoms with Crippen LogP contribution >= 0.6 is 11.3 Å². The normalized spacial score (nSPS) is 11.4. The van der Waals surface area contributed by atoms with E-state index in [-0.39, 0.29) is 5.56 Å². The van der Waals surface area contributed by atoms with Crippen molar-refractivity contribution in [2.75, 3.05) is 11.8 Å². The zero-order valence-electron chi connectivity index (χ0n) is 12.4. The molecule has 3 aromatic rings. The minimum absolute atomic E-state index is 0.0486. The van der Waals surface area contributed by atoms with Gasteiger partial charge in [-0.15, -0.1) is 11.3 Å². The molecule has 124 valence electrons. The quantitative estimate of drug-likeness (QED) is 0.717. The molecule has 0 spiro atoms. The number of benzene rings is 2. The molecule has 0 amide bonds. The van der Waals surface area contributed by atoms with Crippen LogP contribution in [-0.4, -0.2) is 21.5 Å². The predicted molar refractivity (Wildman–Crippen MR) is 90.4 cm³/mol. The molecule has 0 radical (unpaired) electrons. The van der Waals surface area contributed by atoms with Gasteiger partial charge in [0.05, 0.1) is 12.7 Å². The lowest BCUT2D eigenvalue weighted by molar-refractivity contribution is 0.0600. The Bertz CT molecular complexity index is 1030. The van der Waals surface area contributed by atoms with Crippen LogP contribution in [0.1, 0.15) is 10.4 Å². The molecule has 0 fully saturated rings. The number of carbonyl (C=O) groups is 1. The molecule has 24 heavy (non-hydrogen) atoms. The third-order valence-corrected chi connectivity index (χ3v) is 5.64. The zero-order chi connectivity index (χ0) is 17.3. The first-order valence-electron chi connectivity index (χ1n) is 6.78. The predicted octanol–water partition coefficient (Wildman–Crippen LogP) is 3.63. The highest BCUT2D eigenvalue weighted by molar-refractivity contribution is 7.92. The van der Waals surface area contributed by atoms with Crippen molar-refractivity contribution < 1.29 is 22.3 Å². The summed E-state index contributed by atoms with van der Waals surface area (Å²) in [6.45, 7) is 0. The summed E-state index contributed by atoms with van der Waals surface area (Å²) in [5.41, 5.74) is 0.260. The number of thiophene rings is 1. The summed E-state index contributed by atoms with van der Waals surface area (Å²) in [5, 5.41) is 2.77. The van der Waals surface area contributed by atoms with Crippen LogP contribution < -0.4 is 4.72 Å². The van der Waals surface area contributed by atoms with Crippen molar-refractivity contribution in [2.45, 2.75) is 4.90 Å². The van der Waals surface area contributed by atoms with Gasteiger partial charge in [0.2, 0.25) is 0 Å². The second-order valence-electron chi connectivity index (χ2n) is 4.92. The fraction of sp³-hybridized carbons (Fsp3) is 0.0625. The molecule has 0 aliphatic heterocycles. The van der Waals surface area contributed by atoms with E-state index in [1.165, 1.54) is 11.3 Å². The maximum Gasteiger partial charge on any atom is 0.337 e. The Hall–Kier alpha value is -2.45. The van der Waals surface area contributed by atoms with Crippen molar-refractivity contribution in [1.82, 2.24) is 0 Å². The number of halogens is 1. The molecule has 3 rings (SSSR count). The Kier molecular flexibility index (Phi) is 4.25. The van der Waals surface area contributed by atoms with Crippen molar-refractivity contribution in [1.29, 1.82) is 0 Å². The highest BCUT2D eigenvalue weighted by atomic mass is 32.2. The third kappa shape index (κ3) is 3.10. The average molecular weight is 365 g/mol. The molecular weight excluding hydrogens is 353 g/mol. The molecule has 0 bridgehead atoms. The topological polar surface area (TPSA) is 72.5 Å². The number of hydrogen-bond donors (Lipinski definition) is 1. The van der Waals surface area contributed by atoms with Gasteiger partial charge in [-0.05, 0) is 53.2 Å². The highest BCUT2D eigenvalue weighted by Gasteiger charge is 2.22. The molecule has 0 aliphatic carbocycles.